The number of nitrogens with zero attached hydrogens (tertiary/aromatic N) is 4. The minimum atomic E-state index is -0.0239. The van der Waals surface area contributed by atoms with Gasteiger partial charge in [0, 0.05) is 23.0 Å². The molecule has 0 bridgehead atoms. The van der Waals surface area contributed by atoms with E-state index < -0.39 is 0 Å². The van der Waals surface area contributed by atoms with Crippen LogP contribution in [0.3, 0.4) is 0 Å². The third-order valence-electron chi connectivity index (χ3n) is 13.7. The molecule has 12 aromatic rings. The molecule has 69 heavy (non-hydrogen) atoms. The molecule has 0 unspecified atom stereocenters. The maximum atomic E-state index is 6.86. The number of imidazole rings is 1. The number of hydrogen-bond acceptors (Lipinski definition) is 2. The van der Waals surface area contributed by atoms with Gasteiger partial charge in [0.05, 0.1) is 33.4 Å². The molecule has 5 heteroatoms. The molecule has 0 amide bonds. The highest BCUT2D eigenvalue weighted by molar-refractivity contribution is 6.10. The Morgan fingerprint density at radius 2 is 1.06 bits per heavy atom. The molecule has 0 radical (unpaired) electrons. The third kappa shape index (κ3) is 6.69. The van der Waals surface area contributed by atoms with Gasteiger partial charge < -0.3 is 4.74 Å². The maximum absolute atomic E-state index is 6.86. The topological polar surface area (TPSA) is 35.9 Å². The van der Waals surface area contributed by atoms with Crippen molar-refractivity contribution in [3.05, 3.63) is 236 Å². The lowest BCUT2D eigenvalue weighted by Crippen LogP contribution is -2.32. The average molecular weight is 887 g/mol. The molecule has 1 aliphatic rings. The summed E-state index contributed by atoms with van der Waals surface area (Å²) in [5.41, 5.74) is 19.0. The number of ether oxygens (including phenoxy) is 1. The number of benzene rings is 9. The zero-order chi connectivity index (χ0) is 46.2. The highest BCUT2D eigenvalue weighted by atomic mass is 16.5. The van der Waals surface area contributed by atoms with E-state index in [0.29, 0.717) is 0 Å². The molecule has 5 nitrogen and oxygen atoms in total. The Morgan fingerprint density at radius 1 is 0.464 bits per heavy atom. The molecule has 0 N–H and O–H groups in total. The minimum absolute atomic E-state index is 0.0239. The summed E-state index contributed by atoms with van der Waals surface area (Å²) in [6.07, 6.45) is 5.89. The quantitative estimate of drug-likeness (QED) is 0.123. The Morgan fingerprint density at radius 3 is 1.86 bits per heavy atom. The van der Waals surface area contributed by atoms with Crippen LogP contribution in [0.15, 0.2) is 225 Å². The number of aromatic nitrogens is 4. The van der Waals surface area contributed by atoms with Crippen molar-refractivity contribution in [2.75, 3.05) is 0 Å². The maximum Gasteiger partial charge on any atom is 0.269 e. The van der Waals surface area contributed by atoms with Crippen LogP contribution in [0.25, 0.3) is 106 Å². The summed E-state index contributed by atoms with van der Waals surface area (Å²) in [4.78, 5) is 4.91. The largest absolute Gasteiger partial charge is 0.458 e. The van der Waals surface area contributed by atoms with Crippen LogP contribution in [0, 0.1) is 6.33 Å². The van der Waals surface area contributed by atoms with Crippen LogP contribution in [0.2, 0.25) is 0 Å². The number of pyridine rings is 1. The van der Waals surface area contributed by atoms with E-state index in [-0.39, 0.29) is 5.41 Å². The number of fused-ring (bicyclic) bond motifs is 10. The van der Waals surface area contributed by atoms with Crippen molar-refractivity contribution in [1.29, 1.82) is 0 Å². The zero-order valence-corrected chi connectivity index (χ0v) is 38.6. The second-order valence-corrected chi connectivity index (χ2v) is 18.9. The first-order chi connectivity index (χ1) is 33.9. The summed E-state index contributed by atoms with van der Waals surface area (Å²) in [7, 11) is 0. The molecule has 13 rings (SSSR count). The smallest absolute Gasteiger partial charge is 0.269 e. The van der Waals surface area contributed by atoms with Gasteiger partial charge in [0.2, 0.25) is 0 Å². The normalized spacial score (nSPS) is 12.0. The highest BCUT2D eigenvalue weighted by Gasteiger charge is 2.28. The fourth-order valence-electron chi connectivity index (χ4n) is 10.5. The van der Waals surface area contributed by atoms with Gasteiger partial charge in [0.25, 0.3) is 6.33 Å². The Balaban J connectivity index is 1.01. The summed E-state index contributed by atoms with van der Waals surface area (Å²) in [5.74, 6) is 2.34. The van der Waals surface area contributed by atoms with E-state index in [4.69, 9.17) is 9.72 Å². The Labute approximate surface area is 401 Å². The Hall–Kier alpha value is -8.80. The molecule has 0 spiro atoms. The van der Waals surface area contributed by atoms with Gasteiger partial charge in [-0.15, -0.1) is 0 Å². The zero-order valence-electron chi connectivity index (χ0n) is 38.6. The summed E-state index contributed by atoms with van der Waals surface area (Å²) in [5, 5.41) is 2.32. The van der Waals surface area contributed by atoms with E-state index in [0.717, 1.165) is 84.0 Å². The van der Waals surface area contributed by atoms with E-state index >= 15 is 0 Å². The van der Waals surface area contributed by atoms with Crippen LogP contribution in [-0.2, 0) is 5.41 Å². The molecule has 9 aromatic carbocycles. The molecule has 328 valence electrons. The SMILES string of the molecule is CC(C)(C)c1ccnc(-n2c3ccccc3c3ccc(Oc4cccc(-n5[c-][n+]6c7c(cccc75)-c5ccccc5-c5cccc(-c7ccccc7)c5-c5cccc(-c7ccccc7)c5-6)c4)cc32)c1. The fraction of sp³-hybridized carbons (Fsp3) is 0.0625. The van der Waals surface area contributed by atoms with E-state index in [1.807, 2.05) is 12.3 Å². The lowest BCUT2D eigenvalue weighted by Gasteiger charge is -2.21. The van der Waals surface area contributed by atoms with Gasteiger partial charge in [-0.05, 0) is 115 Å². The monoisotopic (exact) mass is 886 g/mol. The van der Waals surface area contributed by atoms with Crippen molar-refractivity contribution in [3.8, 4) is 84.3 Å². The number of hydrogen-bond donors (Lipinski definition) is 0. The van der Waals surface area contributed by atoms with E-state index in [1.165, 1.54) is 38.8 Å². The first-order valence-electron chi connectivity index (χ1n) is 23.6. The van der Waals surface area contributed by atoms with Gasteiger partial charge in [-0.2, -0.15) is 0 Å². The van der Waals surface area contributed by atoms with Gasteiger partial charge in [-0.1, -0.05) is 185 Å². The second kappa shape index (κ2) is 15.9. The molecule has 0 fully saturated rings. The Kier molecular flexibility index (Phi) is 9.34. The van der Waals surface area contributed by atoms with E-state index in [1.54, 1.807) is 0 Å². The van der Waals surface area contributed by atoms with Gasteiger partial charge >= 0.3 is 0 Å². The van der Waals surface area contributed by atoms with Crippen LogP contribution in [-0.4, -0.2) is 14.1 Å². The van der Waals surface area contributed by atoms with E-state index in [9.17, 15) is 0 Å². The lowest BCUT2D eigenvalue weighted by atomic mass is 9.84. The van der Waals surface area contributed by atoms with Crippen LogP contribution < -0.4 is 9.30 Å². The van der Waals surface area contributed by atoms with Crippen molar-refractivity contribution < 1.29 is 9.30 Å². The van der Waals surface area contributed by atoms with Crippen molar-refractivity contribution in [2.24, 2.45) is 0 Å². The van der Waals surface area contributed by atoms with E-state index in [2.05, 4.69) is 253 Å². The molecular formula is C64H46N4O. The summed E-state index contributed by atoms with van der Waals surface area (Å²) < 4.78 is 13.6. The molecule has 3 aromatic heterocycles. The molecule has 0 aliphatic carbocycles. The molecule has 0 saturated heterocycles. The predicted octanol–water partition coefficient (Wildman–Crippen LogP) is 15.9. The van der Waals surface area contributed by atoms with Crippen molar-refractivity contribution in [3.63, 3.8) is 0 Å². The number of para-hydroxylation sites is 3. The van der Waals surface area contributed by atoms with Crippen molar-refractivity contribution >= 4 is 32.8 Å². The summed E-state index contributed by atoms with van der Waals surface area (Å²) >= 11 is 0. The van der Waals surface area contributed by atoms with Crippen molar-refractivity contribution in [1.82, 2.24) is 14.1 Å². The first kappa shape index (κ1) is 40.5. The summed E-state index contributed by atoms with van der Waals surface area (Å²) in [6.45, 7) is 6.72. The van der Waals surface area contributed by atoms with Gasteiger partial charge in [-0.25, -0.2) is 4.98 Å². The Bertz CT molecular complexity index is 3970. The lowest BCUT2D eigenvalue weighted by molar-refractivity contribution is -0.570. The molecule has 0 saturated carbocycles. The van der Waals surface area contributed by atoms with Crippen LogP contribution in [0.1, 0.15) is 26.3 Å². The third-order valence-corrected chi connectivity index (χ3v) is 13.7. The van der Waals surface area contributed by atoms with Gasteiger partial charge in [0.15, 0.2) is 0 Å². The molecule has 4 heterocycles. The standard InChI is InChI=1S/C64H46N4O/c1-64(2,3)44-36-37-65-60(38-44)68-57-32-13-12-26-52(57)53-35-34-47(40-59(53)68)69-46-23-14-22-45(39-46)66-41-67-62-49(43-20-8-5-9-21-43)28-16-31-56(62)61-48(42-18-6-4-7-19-42)27-15-29-54(61)50-24-10-11-25-51(50)55-30-17-33-58(66)63(55)67/h4-40H,1-3H3. The molecule has 0 atom stereocenters. The van der Waals surface area contributed by atoms with Crippen LogP contribution in [0.5, 0.6) is 11.5 Å². The van der Waals surface area contributed by atoms with Gasteiger partial charge in [0.1, 0.15) is 17.3 Å². The average Bonchev–Trinajstić information content (AvgIpc) is 3.95. The molecular weight excluding hydrogens is 841 g/mol. The summed E-state index contributed by atoms with van der Waals surface area (Å²) in [6, 6.07) is 78.1. The second-order valence-electron chi connectivity index (χ2n) is 18.9. The van der Waals surface area contributed by atoms with Crippen LogP contribution in [0.4, 0.5) is 0 Å². The number of rotatable bonds is 6. The van der Waals surface area contributed by atoms with Crippen LogP contribution >= 0.6 is 0 Å². The fourth-order valence-corrected chi connectivity index (χ4v) is 10.5. The predicted molar refractivity (Wildman–Crippen MR) is 282 cm³/mol. The minimum Gasteiger partial charge on any atom is -0.458 e. The van der Waals surface area contributed by atoms with Crippen molar-refractivity contribution in [2.45, 2.75) is 26.2 Å². The first-order valence-corrected chi connectivity index (χ1v) is 23.6. The molecule has 1 aliphatic heterocycles. The van der Waals surface area contributed by atoms with Gasteiger partial charge in [-0.3, -0.25) is 13.7 Å². The highest BCUT2D eigenvalue weighted by Crippen LogP contribution is 2.48.